The van der Waals surface area contributed by atoms with Gasteiger partial charge in [0.1, 0.15) is 0 Å². The maximum atomic E-state index is 7.17. The van der Waals surface area contributed by atoms with E-state index < -0.39 is 0 Å². The quantitative estimate of drug-likeness (QED) is 0.127. The molecule has 8 heteroatoms. The zero-order chi connectivity index (χ0) is 43.2. The molecule has 0 aliphatic heterocycles. The fourth-order valence-corrected chi connectivity index (χ4v) is 6.83. The molecular weight excluding hydrogens is 1130 g/mol. The zero-order valence-electron chi connectivity index (χ0n) is 36.6. The van der Waals surface area contributed by atoms with Crippen molar-refractivity contribution in [2.75, 3.05) is 0 Å². The molecule has 0 radical (unpaired) electrons. The van der Waals surface area contributed by atoms with Crippen LogP contribution in [0.2, 0.25) is 0 Å². The monoisotopic (exact) mass is 1170 g/mol. The van der Waals surface area contributed by atoms with E-state index in [2.05, 4.69) is 112 Å². The summed E-state index contributed by atoms with van der Waals surface area (Å²) in [5.74, 6) is 2.13. The topological polar surface area (TPSA) is 54.1 Å². The van der Waals surface area contributed by atoms with E-state index in [-0.39, 0.29) is 53.0 Å². The number of nitrogens with zero attached hydrogens (tertiary/aromatic N) is 4. The predicted octanol–water partition coefficient (Wildman–Crippen LogP) is 12.8. The molecule has 0 amide bonds. The van der Waals surface area contributed by atoms with Crippen molar-refractivity contribution < 1.29 is 51.6 Å². The first-order valence-corrected chi connectivity index (χ1v) is 19.7. The van der Waals surface area contributed by atoms with Crippen LogP contribution in [0, 0.1) is 76.9 Å². The van der Waals surface area contributed by atoms with Gasteiger partial charge in [0.05, 0.1) is 0 Å². The normalized spacial score (nSPS) is 10.8. The minimum atomic E-state index is 0. The molecule has 322 valence electrons. The van der Waals surface area contributed by atoms with Crippen molar-refractivity contribution in [3.8, 4) is 46.5 Å². The average Bonchev–Trinajstić information content (AvgIpc) is 3.64. The third kappa shape index (κ3) is 11.4. The van der Waals surface area contributed by atoms with E-state index in [1.54, 1.807) is 45.8 Å². The third-order valence-corrected chi connectivity index (χ3v) is 10.3. The smallest absolute Gasteiger partial charge is 0.215 e. The van der Waals surface area contributed by atoms with Gasteiger partial charge in [-0.15, -0.1) is 0 Å². The first kappa shape index (κ1) is 49.0. The Morgan fingerprint density at radius 3 is 1.13 bits per heavy atom. The summed E-state index contributed by atoms with van der Waals surface area (Å²) in [6.45, 7) is 21.0. The van der Waals surface area contributed by atoms with Crippen molar-refractivity contribution in [1.82, 2.24) is 19.1 Å². The minimum Gasteiger partial charge on any atom is -0.669 e. The van der Waals surface area contributed by atoms with E-state index in [4.69, 9.17) is 22.3 Å². The number of rotatable bonds is 5. The molecule has 0 atom stereocenters. The summed E-state index contributed by atoms with van der Waals surface area (Å²) in [5.41, 5.74) is 8.00. The molecule has 8 aromatic rings. The Morgan fingerprint density at radius 1 is 0.516 bits per heavy atom. The molecule has 0 aliphatic rings. The van der Waals surface area contributed by atoms with Gasteiger partial charge in [0, 0.05) is 111 Å². The number of hydrogen-bond donors (Lipinski definition) is 0. The molecule has 6 nitrogen and oxygen atoms in total. The van der Waals surface area contributed by atoms with Crippen molar-refractivity contribution in [3.63, 3.8) is 0 Å². The van der Waals surface area contributed by atoms with Crippen LogP contribution in [0.25, 0.3) is 32.7 Å². The van der Waals surface area contributed by atoms with E-state index >= 15 is 0 Å². The van der Waals surface area contributed by atoms with Crippen LogP contribution in [0.5, 0.6) is 23.3 Å². The number of aromatic nitrogens is 4. The summed E-state index contributed by atoms with van der Waals surface area (Å²) in [6, 6.07) is 49.1. The maximum absolute atomic E-state index is 7.17. The molecule has 0 aliphatic carbocycles. The summed E-state index contributed by atoms with van der Waals surface area (Å²) in [6.07, 6.45) is 17.9. The number of ether oxygens (including phenoxy) is 2. The Balaban J connectivity index is 0.000000246. The second-order valence-corrected chi connectivity index (χ2v) is 16.5. The Kier molecular flexibility index (Phi) is 16.6. The number of hydrogen-bond acceptors (Lipinski definition) is 4. The van der Waals surface area contributed by atoms with Crippen LogP contribution in [-0.4, -0.2) is 19.1 Å². The number of pyridine rings is 2. The van der Waals surface area contributed by atoms with Crippen molar-refractivity contribution in [1.29, 1.82) is 0 Å². The van der Waals surface area contributed by atoms with Crippen molar-refractivity contribution >= 4 is 21.5 Å². The second-order valence-electron chi connectivity index (χ2n) is 16.5. The van der Waals surface area contributed by atoms with Gasteiger partial charge in [0.2, 0.25) is 11.8 Å². The van der Waals surface area contributed by atoms with Crippen molar-refractivity contribution in [2.24, 2.45) is 0 Å². The van der Waals surface area contributed by atoms with Gasteiger partial charge in [-0.05, 0) is 61.8 Å². The Bertz CT molecular complexity index is 2600. The summed E-state index contributed by atoms with van der Waals surface area (Å²) in [5, 5.41) is 4.83. The summed E-state index contributed by atoms with van der Waals surface area (Å²) < 4.78 is 15.5. The molecule has 0 N–H and O–H groups in total. The van der Waals surface area contributed by atoms with Gasteiger partial charge < -0.3 is 66.8 Å². The summed E-state index contributed by atoms with van der Waals surface area (Å²) >= 11 is 0. The fourth-order valence-electron chi connectivity index (χ4n) is 6.83. The Hall–Kier alpha value is -5.64. The molecular formula is C54H48N4O2Pt2-6. The molecule has 4 aromatic heterocycles. The van der Waals surface area contributed by atoms with Crippen LogP contribution in [0.4, 0.5) is 0 Å². The molecule has 62 heavy (non-hydrogen) atoms. The van der Waals surface area contributed by atoms with Crippen LogP contribution in [0.15, 0.2) is 109 Å². The van der Waals surface area contributed by atoms with Gasteiger partial charge in [-0.2, -0.15) is 12.1 Å². The van der Waals surface area contributed by atoms with Crippen LogP contribution in [0.3, 0.4) is 0 Å². The van der Waals surface area contributed by atoms with Gasteiger partial charge in [-0.1, -0.05) is 102 Å². The van der Waals surface area contributed by atoms with Gasteiger partial charge >= 0.3 is 0 Å². The van der Waals surface area contributed by atoms with E-state index in [9.17, 15) is 0 Å². The molecule has 0 saturated carbocycles. The van der Waals surface area contributed by atoms with E-state index in [1.165, 1.54) is 21.5 Å². The number of fused-ring (bicyclic) bond motifs is 2. The largest absolute Gasteiger partial charge is 0.669 e. The van der Waals surface area contributed by atoms with Crippen LogP contribution in [0.1, 0.15) is 75.4 Å². The maximum Gasteiger partial charge on any atom is 0.215 e. The SMILES string of the molecule is CC(C)(C)c1ccnc(Oc2[c-]c(-c3[c-]ccc(Oc4cc(C(C)(C)C)ccn4)[c-]3)[c-]cc2)c1.[C-]#Cn1c(C)c2ccccc2c1C.[C-]#Cn1c(C)c2ccccc2c1C.[Pt].[Pt]. The van der Waals surface area contributed by atoms with Gasteiger partial charge in [0.15, 0.2) is 0 Å². The second kappa shape index (κ2) is 21.0. The minimum absolute atomic E-state index is 0. The van der Waals surface area contributed by atoms with Gasteiger partial charge in [-0.25, -0.2) is 22.1 Å². The predicted molar refractivity (Wildman–Crippen MR) is 241 cm³/mol. The van der Waals surface area contributed by atoms with E-state index in [0.29, 0.717) is 34.4 Å². The Morgan fingerprint density at radius 2 is 0.839 bits per heavy atom. The standard InChI is InChI=1S/C30H28N2O2.2C12H10N.2Pt/c1-29(2,3)23-13-15-31-27(19-23)33-25-11-7-9-21(17-25)22-10-8-12-26(18-22)34-28-20-24(14-16-32-28)30(4,5)6;2*1-4-13-9(2)11-7-5-6-8-12(11)10(13)3;;/h7-8,11-16,19-20H,1-6H3;2*5-8H,2-3H3;;/q-4;2*-1;;. The summed E-state index contributed by atoms with van der Waals surface area (Å²) in [7, 11) is 0. The van der Waals surface area contributed by atoms with E-state index in [1.807, 2.05) is 76.2 Å². The van der Waals surface area contributed by atoms with Gasteiger partial charge in [0.25, 0.3) is 0 Å². The Labute approximate surface area is 396 Å². The van der Waals surface area contributed by atoms with E-state index in [0.717, 1.165) is 33.9 Å². The molecule has 8 rings (SSSR count). The zero-order valence-corrected chi connectivity index (χ0v) is 41.2. The first-order valence-electron chi connectivity index (χ1n) is 19.7. The van der Waals surface area contributed by atoms with Crippen molar-refractivity contribution in [2.45, 2.75) is 80.1 Å². The number of benzene rings is 4. The molecule has 0 spiro atoms. The molecule has 4 heterocycles. The summed E-state index contributed by atoms with van der Waals surface area (Å²) in [4.78, 5) is 8.68. The van der Waals surface area contributed by atoms with Crippen LogP contribution in [-0.2, 0) is 53.0 Å². The molecule has 0 saturated heterocycles. The van der Waals surface area contributed by atoms with Crippen LogP contribution >= 0.6 is 0 Å². The van der Waals surface area contributed by atoms with Gasteiger partial charge in [-0.3, -0.25) is 12.1 Å². The average molecular weight is 1180 g/mol. The molecule has 4 aromatic carbocycles. The number of aryl methyl sites for hydroxylation is 4. The van der Waals surface area contributed by atoms with Crippen molar-refractivity contribution in [3.05, 3.63) is 180 Å². The molecule has 0 unspecified atom stereocenters. The third-order valence-electron chi connectivity index (χ3n) is 10.3. The molecule has 0 bridgehead atoms. The fraction of sp³-hybridized carbons (Fsp3) is 0.222. The van der Waals surface area contributed by atoms with Crippen LogP contribution < -0.4 is 9.47 Å². The first-order chi connectivity index (χ1) is 28.6. The molecule has 0 fully saturated rings.